The maximum atomic E-state index is 12.4. The molecule has 58 valence electrons. The Bertz CT molecular complexity index is 233. The summed E-state index contributed by atoms with van der Waals surface area (Å²) < 4.78 is 16.9. The summed E-state index contributed by atoms with van der Waals surface area (Å²) in [5.41, 5.74) is 0. The molecule has 3 atom stereocenters. The third-order valence-electron chi connectivity index (χ3n) is 1.44. The van der Waals surface area contributed by atoms with Crippen molar-refractivity contribution in [1.82, 2.24) is 0 Å². The summed E-state index contributed by atoms with van der Waals surface area (Å²) in [5, 5.41) is 8.23. The number of nitriles is 1. The number of carbonyl (C=O) groups excluding carboxylic acids is 1. The van der Waals surface area contributed by atoms with E-state index in [4.69, 9.17) is 5.26 Å². The number of rotatable bonds is 2. The van der Waals surface area contributed by atoms with Gasteiger partial charge in [0, 0.05) is 6.08 Å². The van der Waals surface area contributed by atoms with E-state index in [0.29, 0.717) is 0 Å². The van der Waals surface area contributed by atoms with Crippen LogP contribution < -0.4 is 0 Å². The lowest BCUT2D eigenvalue weighted by molar-refractivity contribution is -0.139. The quantitative estimate of drug-likeness (QED) is 0.432. The molecule has 1 rings (SSSR count). The van der Waals surface area contributed by atoms with Crippen LogP contribution in [0.3, 0.4) is 0 Å². The summed E-state index contributed by atoms with van der Waals surface area (Å²) in [4.78, 5) is 10.5. The maximum absolute atomic E-state index is 12.4. The number of hydrogen-bond acceptors (Lipinski definition) is 3. The molecule has 11 heavy (non-hydrogen) atoms. The predicted molar refractivity (Wildman–Crippen MR) is 34.1 cm³/mol. The van der Waals surface area contributed by atoms with E-state index in [-0.39, 0.29) is 0 Å². The fraction of sp³-hybridized carbons (Fsp3) is 0.429. The number of halogens is 1. The van der Waals surface area contributed by atoms with Gasteiger partial charge in [-0.25, -0.2) is 9.18 Å². The second-order valence-corrected chi connectivity index (χ2v) is 2.20. The van der Waals surface area contributed by atoms with Crippen LogP contribution >= 0.6 is 0 Å². The van der Waals surface area contributed by atoms with Gasteiger partial charge in [-0.3, -0.25) is 0 Å². The van der Waals surface area contributed by atoms with E-state index in [0.717, 1.165) is 6.08 Å². The van der Waals surface area contributed by atoms with E-state index in [9.17, 15) is 9.18 Å². The molecule has 0 spiro atoms. The van der Waals surface area contributed by atoms with Crippen molar-refractivity contribution in [1.29, 1.82) is 5.26 Å². The van der Waals surface area contributed by atoms with Crippen molar-refractivity contribution in [2.75, 3.05) is 0 Å². The van der Waals surface area contributed by atoms with Crippen molar-refractivity contribution in [2.24, 2.45) is 5.92 Å². The van der Waals surface area contributed by atoms with Crippen LogP contribution in [0.5, 0.6) is 0 Å². The summed E-state index contributed by atoms with van der Waals surface area (Å²) in [6, 6.07) is 1.68. The Hall–Kier alpha value is -1.37. The van der Waals surface area contributed by atoms with E-state index in [2.05, 4.69) is 11.3 Å². The maximum Gasteiger partial charge on any atom is 0.330 e. The molecule has 0 aromatic carbocycles. The van der Waals surface area contributed by atoms with Gasteiger partial charge in [0.05, 0.1) is 6.07 Å². The number of carbonyl (C=O) groups is 1. The van der Waals surface area contributed by atoms with E-state index in [1.54, 1.807) is 6.07 Å². The molecule has 3 nitrogen and oxygen atoms in total. The average Bonchev–Trinajstić information content (AvgIpc) is 2.61. The van der Waals surface area contributed by atoms with Crippen LogP contribution in [0.1, 0.15) is 0 Å². The zero-order valence-corrected chi connectivity index (χ0v) is 5.66. The summed E-state index contributed by atoms with van der Waals surface area (Å²) in [6.07, 6.45) is -1.24. The first-order valence-corrected chi connectivity index (χ1v) is 3.07. The van der Waals surface area contributed by atoms with Crippen LogP contribution in [0.4, 0.5) is 4.39 Å². The Morgan fingerprint density at radius 2 is 2.45 bits per heavy atom. The summed E-state index contributed by atoms with van der Waals surface area (Å²) >= 11 is 0. The SMILES string of the molecule is C=CC(=O)OC1C(F)C1C#N. The molecule has 0 amide bonds. The minimum absolute atomic E-state index is 0.685. The van der Waals surface area contributed by atoms with E-state index in [1.165, 1.54) is 0 Å². The van der Waals surface area contributed by atoms with Crippen molar-refractivity contribution < 1.29 is 13.9 Å². The van der Waals surface area contributed by atoms with E-state index in [1.807, 2.05) is 0 Å². The standard InChI is InChI=1S/C7H6FNO2/c1-2-5(10)11-7-4(3-9)6(7)8/h2,4,6-7H,1H2. The molecule has 0 radical (unpaired) electrons. The molecule has 1 saturated carbocycles. The minimum Gasteiger partial charge on any atom is -0.455 e. The van der Waals surface area contributed by atoms with Crippen LogP contribution in [-0.2, 0) is 9.53 Å². The van der Waals surface area contributed by atoms with Gasteiger partial charge in [0.15, 0.2) is 12.3 Å². The highest BCUT2D eigenvalue weighted by molar-refractivity contribution is 5.81. The van der Waals surface area contributed by atoms with Crippen LogP contribution in [0, 0.1) is 17.2 Å². The van der Waals surface area contributed by atoms with Gasteiger partial charge >= 0.3 is 5.97 Å². The lowest BCUT2D eigenvalue weighted by atomic mass is 10.5. The van der Waals surface area contributed by atoms with Crippen LogP contribution in [0.25, 0.3) is 0 Å². The Labute approximate surface area is 63.1 Å². The number of alkyl halides is 1. The van der Waals surface area contributed by atoms with Crippen molar-refractivity contribution in [2.45, 2.75) is 12.3 Å². The summed E-state index contributed by atoms with van der Waals surface area (Å²) in [6.45, 7) is 3.14. The molecule has 0 heterocycles. The molecular weight excluding hydrogens is 149 g/mol. The highest BCUT2D eigenvalue weighted by Crippen LogP contribution is 2.36. The minimum atomic E-state index is -1.32. The smallest absolute Gasteiger partial charge is 0.330 e. The van der Waals surface area contributed by atoms with Gasteiger partial charge in [0.25, 0.3) is 0 Å². The lowest BCUT2D eigenvalue weighted by Crippen LogP contribution is -2.04. The third-order valence-corrected chi connectivity index (χ3v) is 1.44. The molecule has 1 fully saturated rings. The van der Waals surface area contributed by atoms with Crippen molar-refractivity contribution in [3.63, 3.8) is 0 Å². The molecule has 0 aromatic heterocycles. The van der Waals surface area contributed by atoms with Crippen LogP contribution in [0.2, 0.25) is 0 Å². The fourth-order valence-electron chi connectivity index (χ4n) is 0.713. The first-order valence-electron chi connectivity index (χ1n) is 3.07. The largest absolute Gasteiger partial charge is 0.455 e. The Kier molecular flexibility index (Phi) is 1.90. The molecule has 0 N–H and O–H groups in total. The molecule has 0 bridgehead atoms. The number of hydrogen-bond donors (Lipinski definition) is 0. The molecule has 3 unspecified atom stereocenters. The molecule has 4 heteroatoms. The fourth-order valence-corrected chi connectivity index (χ4v) is 0.713. The van der Waals surface area contributed by atoms with Crippen LogP contribution in [-0.4, -0.2) is 18.2 Å². The normalized spacial score (nSPS) is 33.6. The zero-order chi connectivity index (χ0) is 8.43. The molecular formula is C7H6FNO2. The van der Waals surface area contributed by atoms with Gasteiger partial charge in [-0.15, -0.1) is 0 Å². The highest BCUT2D eigenvalue weighted by atomic mass is 19.1. The van der Waals surface area contributed by atoms with Gasteiger partial charge in [0.1, 0.15) is 5.92 Å². The first kappa shape index (κ1) is 7.73. The topological polar surface area (TPSA) is 50.1 Å². The number of esters is 1. The van der Waals surface area contributed by atoms with Gasteiger partial charge in [-0.1, -0.05) is 6.58 Å². The van der Waals surface area contributed by atoms with Gasteiger partial charge < -0.3 is 4.74 Å². The molecule has 0 aromatic rings. The summed E-state index contributed by atoms with van der Waals surface area (Å²) in [7, 11) is 0. The molecule has 1 aliphatic rings. The first-order chi connectivity index (χ1) is 5.20. The molecule has 0 saturated heterocycles. The van der Waals surface area contributed by atoms with Crippen molar-refractivity contribution in [3.05, 3.63) is 12.7 Å². The third kappa shape index (κ3) is 1.37. The Morgan fingerprint density at radius 1 is 1.82 bits per heavy atom. The molecule has 1 aliphatic carbocycles. The lowest BCUT2D eigenvalue weighted by Gasteiger charge is -1.94. The van der Waals surface area contributed by atoms with Crippen molar-refractivity contribution in [3.8, 4) is 6.07 Å². The van der Waals surface area contributed by atoms with E-state index >= 15 is 0 Å². The number of nitrogens with zero attached hydrogens (tertiary/aromatic N) is 1. The molecule has 0 aliphatic heterocycles. The van der Waals surface area contributed by atoms with Gasteiger partial charge in [0.2, 0.25) is 0 Å². The Balaban J connectivity index is 2.38. The van der Waals surface area contributed by atoms with Crippen molar-refractivity contribution >= 4 is 5.97 Å². The monoisotopic (exact) mass is 155 g/mol. The zero-order valence-electron chi connectivity index (χ0n) is 5.66. The number of ether oxygens (including phenoxy) is 1. The Morgan fingerprint density at radius 3 is 2.82 bits per heavy atom. The van der Waals surface area contributed by atoms with Gasteiger partial charge in [-0.05, 0) is 0 Å². The second-order valence-electron chi connectivity index (χ2n) is 2.20. The average molecular weight is 155 g/mol. The van der Waals surface area contributed by atoms with Crippen LogP contribution in [0.15, 0.2) is 12.7 Å². The highest BCUT2D eigenvalue weighted by Gasteiger charge is 2.55. The second kappa shape index (κ2) is 2.70. The predicted octanol–water partition coefficient (Wildman–Crippen LogP) is 0.576. The summed E-state index contributed by atoms with van der Waals surface area (Å²) in [5.74, 6) is -1.46. The van der Waals surface area contributed by atoms with Gasteiger partial charge in [-0.2, -0.15) is 5.26 Å². The van der Waals surface area contributed by atoms with E-state index < -0.39 is 24.2 Å².